The number of halogens is 1. The number of benzene rings is 3. The zero-order chi connectivity index (χ0) is 39.7. The van der Waals surface area contributed by atoms with Crippen molar-refractivity contribution in [1.82, 2.24) is 40.3 Å². The molecule has 0 spiro atoms. The number of imide groups is 1. The van der Waals surface area contributed by atoms with E-state index in [-0.39, 0.29) is 30.2 Å². The Morgan fingerprint density at radius 3 is 2.40 bits per heavy atom. The second-order valence-corrected chi connectivity index (χ2v) is 15.8. The Morgan fingerprint density at radius 2 is 1.70 bits per heavy atom. The number of nitrogens with one attached hydrogen (secondary N) is 3. The van der Waals surface area contributed by atoms with Gasteiger partial charge in [-0.25, -0.2) is 13.9 Å². The maximum atomic E-state index is 15.3. The molecule has 8 rings (SSSR count). The Labute approximate surface area is 329 Å². The van der Waals surface area contributed by atoms with Crippen molar-refractivity contribution in [3.05, 3.63) is 120 Å². The molecule has 1 atom stereocenters. The van der Waals surface area contributed by atoms with Crippen LogP contribution in [0.15, 0.2) is 89.8 Å². The van der Waals surface area contributed by atoms with Crippen LogP contribution in [0, 0.1) is 5.82 Å². The lowest BCUT2D eigenvalue weighted by atomic mass is 9.89. The largest absolute Gasteiger partial charge is 0.374 e. The van der Waals surface area contributed by atoms with Crippen molar-refractivity contribution in [1.29, 1.82) is 0 Å². The minimum Gasteiger partial charge on any atom is -0.374 e. The summed E-state index contributed by atoms with van der Waals surface area (Å²) in [4.78, 5) is 47.3. The van der Waals surface area contributed by atoms with Crippen LogP contribution in [0.2, 0.25) is 0 Å². The van der Waals surface area contributed by atoms with Gasteiger partial charge in [-0.1, -0.05) is 74.5 Å². The lowest BCUT2D eigenvalue weighted by Gasteiger charge is -2.32. The molecule has 0 saturated carbocycles. The average molecular weight is 770 g/mol. The van der Waals surface area contributed by atoms with E-state index in [9.17, 15) is 14.4 Å². The van der Waals surface area contributed by atoms with E-state index in [0.717, 1.165) is 54.8 Å². The Hall–Kier alpha value is -6.28. The maximum Gasteiger partial charge on any atom is 0.292 e. The summed E-state index contributed by atoms with van der Waals surface area (Å²) in [6, 6.07) is 23.4. The van der Waals surface area contributed by atoms with E-state index in [0.29, 0.717) is 41.5 Å². The van der Waals surface area contributed by atoms with E-state index in [1.54, 1.807) is 16.6 Å². The van der Waals surface area contributed by atoms with E-state index < -0.39 is 17.1 Å². The second kappa shape index (κ2) is 15.7. The zero-order valence-electron chi connectivity index (χ0n) is 32.1. The number of rotatable bonds is 10. The summed E-state index contributed by atoms with van der Waals surface area (Å²) in [5.74, 6) is -0.772. The van der Waals surface area contributed by atoms with Gasteiger partial charge in [-0.15, -0.1) is 0 Å². The van der Waals surface area contributed by atoms with Crippen molar-refractivity contribution in [2.45, 2.75) is 76.9 Å². The fraction of sp³-hybridized carbons (Fsp3) is 0.326. The van der Waals surface area contributed by atoms with Crippen LogP contribution < -0.4 is 16.0 Å². The molecule has 2 saturated heterocycles. The minimum absolute atomic E-state index is 0.0451. The number of nitrogens with zero attached hydrogens (tertiary/aromatic N) is 6. The Kier molecular flexibility index (Phi) is 10.4. The molecular formula is C43H44FN9O4. The number of fused-ring (bicyclic) bond motifs is 1. The van der Waals surface area contributed by atoms with Crippen molar-refractivity contribution < 1.29 is 23.3 Å². The molecule has 3 amide bonds. The number of aromatic nitrogens is 5. The standard InChI is InChI=1S/C43H44FN9O4/c1-43(2,3)42-50-39(51-57-42)41(56)45-22-31-9-8-30(20-34(31)44)38-36-21-32(24-53(36)47-25-46-38)28-6-4-26(5-7-28)23-52-18-16-29(17-19-52)27-10-12-33(13-11-27)48-35-14-15-37(54)49-40(35)55/h4-13,20-21,24-25,29,35,48H,14-19,22-23H2,1-3H3,(H,45,56)(H,49,54,55). The molecule has 14 heteroatoms. The fourth-order valence-corrected chi connectivity index (χ4v) is 7.39. The van der Waals surface area contributed by atoms with Gasteiger partial charge < -0.3 is 15.2 Å². The summed E-state index contributed by atoms with van der Waals surface area (Å²) in [6.45, 7) is 8.54. The molecule has 2 aliphatic rings. The SMILES string of the molecule is CC(C)(C)c1nc(C(=O)NCc2ccc(-c3ncnn4cc(-c5ccc(CN6CCC(c7ccc(NC8CCC(=O)NC8=O)cc7)CC6)cc5)cc34)cc2F)no1. The fourth-order valence-electron chi connectivity index (χ4n) is 7.39. The Morgan fingerprint density at radius 1 is 0.947 bits per heavy atom. The summed E-state index contributed by atoms with van der Waals surface area (Å²) < 4.78 is 22.3. The van der Waals surface area contributed by atoms with Crippen LogP contribution in [-0.4, -0.2) is 66.5 Å². The smallest absolute Gasteiger partial charge is 0.292 e. The normalized spacial score (nSPS) is 16.8. The Balaban J connectivity index is 0.858. The monoisotopic (exact) mass is 769 g/mol. The summed E-state index contributed by atoms with van der Waals surface area (Å²) >= 11 is 0. The molecule has 1 unspecified atom stereocenters. The highest BCUT2D eigenvalue weighted by Gasteiger charge is 2.27. The van der Waals surface area contributed by atoms with Crippen molar-refractivity contribution in [3.8, 4) is 22.4 Å². The third kappa shape index (κ3) is 8.46. The van der Waals surface area contributed by atoms with Gasteiger partial charge in [0.2, 0.25) is 17.7 Å². The van der Waals surface area contributed by atoms with Gasteiger partial charge in [0.25, 0.3) is 11.7 Å². The van der Waals surface area contributed by atoms with E-state index in [1.165, 1.54) is 23.5 Å². The van der Waals surface area contributed by atoms with Crippen LogP contribution in [0.1, 0.15) is 85.6 Å². The minimum atomic E-state index is -0.548. The first-order valence-corrected chi connectivity index (χ1v) is 19.2. The van der Waals surface area contributed by atoms with Crippen LogP contribution in [0.4, 0.5) is 10.1 Å². The van der Waals surface area contributed by atoms with Gasteiger partial charge in [-0.2, -0.15) is 10.1 Å². The molecule has 3 aromatic heterocycles. The number of piperidine rings is 2. The number of hydrogen-bond donors (Lipinski definition) is 3. The molecule has 3 N–H and O–H groups in total. The first-order valence-electron chi connectivity index (χ1n) is 19.2. The highest BCUT2D eigenvalue weighted by Crippen LogP contribution is 2.32. The zero-order valence-corrected chi connectivity index (χ0v) is 32.1. The number of carbonyl (C=O) groups excluding carboxylic acids is 3. The summed E-state index contributed by atoms with van der Waals surface area (Å²) in [6.07, 6.45) is 6.40. The maximum absolute atomic E-state index is 15.3. The van der Waals surface area contributed by atoms with Gasteiger partial charge in [0.15, 0.2) is 0 Å². The molecule has 2 fully saturated rings. The molecule has 2 aliphatic heterocycles. The predicted octanol–water partition coefficient (Wildman–Crippen LogP) is 6.41. The van der Waals surface area contributed by atoms with E-state index in [2.05, 4.69) is 77.5 Å². The van der Waals surface area contributed by atoms with Gasteiger partial charge in [-0.3, -0.25) is 24.6 Å². The van der Waals surface area contributed by atoms with Crippen LogP contribution >= 0.6 is 0 Å². The number of hydrogen-bond acceptors (Lipinski definition) is 10. The highest BCUT2D eigenvalue weighted by atomic mass is 19.1. The van der Waals surface area contributed by atoms with Gasteiger partial charge >= 0.3 is 0 Å². The third-order valence-electron chi connectivity index (χ3n) is 10.7. The number of amides is 3. The van der Waals surface area contributed by atoms with Gasteiger partial charge in [0.1, 0.15) is 18.2 Å². The van der Waals surface area contributed by atoms with Gasteiger partial charge in [0, 0.05) is 53.5 Å². The van der Waals surface area contributed by atoms with Crippen LogP contribution in [0.5, 0.6) is 0 Å². The number of carbonyl (C=O) groups is 3. The van der Waals surface area contributed by atoms with E-state index in [4.69, 9.17) is 4.52 Å². The molecule has 0 aliphatic carbocycles. The molecule has 0 bridgehead atoms. The topological polar surface area (TPSA) is 160 Å². The molecular weight excluding hydrogens is 726 g/mol. The summed E-state index contributed by atoms with van der Waals surface area (Å²) in [7, 11) is 0. The molecule has 6 aromatic rings. The molecule has 5 heterocycles. The van der Waals surface area contributed by atoms with E-state index >= 15 is 4.39 Å². The second-order valence-electron chi connectivity index (χ2n) is 15.8. The van der Waals surface area contributed by atoms with E-state index in [1.807, 2.05) is 45.2 Å². The van der Waals surface area contributed by atoms with Crippen molar-refractivity contribution in [2.75, 3.05) is 18.4 Å². The quantitative estimate of drug-likeness (QED) is 0.133. The number of anilines is 1. The average Bonchev–Trinajstić information content (AvgIpc) is 3.89. The van der Waals surface area contributed by atoms with Crippen LogP contribution in [-0.2, 0) is 28.1 Å². The summed E-state index contributed by atoms with van der Waals surface area (Å²) in [5, 5.41) is 16.5. The van der Waals surface area contributed by atoms with Crippen molar-refractivity contribution in [2.24, 2.45) is 0 Å². The molecule has 57 heavy (non-hydrogen) atoms. The highest BCUT2D eigenvalue weighted by molar-refractivity contribution is 6.01. The first kappa shape index (κ1) is 37.6. The van der Waals surface area contributed by atoms with Gasteiger partial charge in [0.05, 0.1) is 11.2 Å². The van der Waals surface area contributed by atoms with Crippen molar-refractivity contribution in [3.63, 3.8) is 0 Å². The lowest BCUT2D eigenvalue weighted by molar-refractivity contribution is -0.133. The number of likely N-dealkylation sites (tertiary alicyclic amines) is 1. The Bertz CT molecular complexity index is 2430. The molecule has 0 radical (unpaired) electrons. The molecule has 3 aromatic carbocycles. The lowest BCUT2D eigenvalue weighted by Crippen LogP contribution is -2.47. The van der Waals surface area contributed by atoms with Crippen molar-refractivity contribution >= 4 is 28.9 Å². The third-order valence-corrected chi connectivity index (χ3v) is 10.7. The van der Waals surface area contributed by atoms with Crippen LogP contribution in [0.3, 0.4) is 0 Å². The first-order chi connectivity index (χ1) is 27.5. The van der Waals surface area contributed by atoms with Gasteiger partial charge in [-0.05, 0) is 79.2 Å². The molecule has 13 nitrogen and oxygen atoms in total. The summed E-state index contributed by atoms with van der Waals surface area (Å²) in [5.41, 5.74) is 7.28. The van der Waals surface area contributed by atoms with Crippen LogP contribution in [0.25, 0.3) is 27.9 Å². The predicted molar refractivity (Wildman–Crippen MR) is 211 cm³/mol. The molecule has 292 valence electrons.